The number of hydrogen-bond acceptors (Lipinski definition) is 5. The number of carbonyl (C=O) groups is 1. The first kappa shape index (κ1) is 17.5. The van der Waals surface area contributed by atoms with Crippen LogP contribution in [0.25, 0.3) is 33.5 Å². The van der Waals surface area contributed by atoms with Crippen molar-refractivity contribution in [1.29, 1.82) is 0 Å². The summed E-state index contributed by atoms with van der Waals surface area (Å²) in [5.74, 6) is 0.207. The maximum absolute atomic E-state index is 12.0. The summed E-state index contributed by atoms with van der Waals surface area (Å²) in [6.07, 6.45) is 0. The predicted molar refractivity (Wildman–Crippen MR) is 105 cm³/mol. The van der Waals surface area contributed by atoms with Crippen LogP contribution in [-0.2, 0) is 0 Å². The molecule has 4 rings (SSSR count). The lowest BCUT2D eigenvalue weighted by molar-refractivity contribution is 0.0699. The number of aromatic carboxylic acids is 1. The molecule has 2 aromatic carbocycles. The molecule has 0 aliphatic heterocycles. The van der Waals surface area contributed by atoms with Crippen LogP contribution in [0.15, 0.2) is 54.6 Å². The van der Waals surface area contributed by atoms with Crippen molar-refractivity contribution in [3.8, 4) is 34.0 Å². The number of carboxylic acid groups (broad SMARTS) is 1. The number of ether oxygens (including phenoxy) is 2. The average Bonchev–Trinajstić information content (AvgIpc) is 3.17. The summed E-state index contributed by atoms with van der Waals surface area (Å²) in [5.41, 5.74) is 2.93. The SMILES string of the molecule is COc1cccc(-c2[nH]nc3nc(-c4ccccc4OC)cc(C(=O)O)c23)c1. The van der Waals surface area contributed by atoms with Gasteiger partial charge in [-0.3, -0.25) is 5.10 Å². The smallest absolute Gasteiger partial charge is 0.336 e. The van der Waals surface area contributed by atoms with Gasteiger partial charge < -0.3 is 14.6 Å². The summed E-state index contributed by atoms with van der Waals surface area (Å²) in [7, 11) is 3.14. The molecule has 0 saturated carbocycles. The van der Waals surface area contributed by atoms with Crippen LogP contribution in [0.3, 0.4) is 0 Å². The minimum atomic E-state index is -1.06. The Morgan fingerprint density at radius 3 is 2.61 bits per heavy atom. The molecule has 4 aromatic rings. The van der Waals surface area contributed by atoms with E-state index in [1.807, 2.05) is 42.5 Å². The Morgan fingerprint density at radius 1 is 1.04 bits per heavy atom. The van der Waals surface area contributed by atoms with Crippen LogP contribution < -0.4 is 9.47 Å². The van der Waals surface area contributed by atoms with Gasteiger partial charge in [-0.2, -0.15) is 5.10 Å². The minimum absolute atomic E-state index is 0.109. The van der Waals surface area contributed by atoms with Crippen molar-refractivity contribution in [3.63, 3.8) is 0 Å². The fourth-order valence-corrected chi connectivity index (χ4v) is 3.17. The average molecular weight is 375 g/mol. The highest BCUT2D eigenvalue weighted by Gasteiger charge is 2.21. The lowest BCUT2D eigenvalue weighted by Gasteiger charge is -2.09. The van der Waals surface area contributed by atoms with Gasteiger partial charge in [-0.1, -0.05) is 24.3 Å². The number of benzene rings is 2. The molecule has 2 aromatic heterocycles. The number of carboxylic acids is 1. The largest absolute Gasteiger partial charge is 0.497 e. The summed E-state index contributed by atoms with van der Waals surface area (Å²) in [6.45, 7) is 0. The van der Waals surface area contributed by atoms with E-state index in [2.05, 4.69) is 15.2 Å². The molecule has 2 heterocycles. The molecule has 0 atom stereocenters. The number of pyridine rings is 1. The van der Waals surface area contributed by atoms with Crippen molar-refractivity contribution >= 4 is 17.0 Å². The van der Waals surface area contributed by atoms with Gasteiger partial charge in [-0.05, 0) is 30.3 Å². The Labute approximate surface area is 160 Å². The Bertz CT molecular complexity index is 1180. The van der Waals surface area contributed by atoms with E-state index in [1.54, 1.807) is 26.4 Å². The minimum Gasteiger partial charge on any atom is -0.497 e. The number of aromatic amines is 1. The molecule has 7 nitrogen and oxygen atoms in total. The van der Waals surface area contributed by atoms with Gasteiger partial charge in [-0.25, -0.2) is 9.78 Å². The van der Waals surface area contributed by atoms with Gasteiger partial charge in [0.1, 0.15) is 11.5 Å². The molecule has 0 aliphatic carbocycles. The Balaban J connectivity index is 1.96. The van der Waals surface area contributed by atoms with Gasteiger partial charge in [-0.15, -0.1) is 0 Å². The normalized spacial score (nSPS) is 10.8. The van der Waals surface area contributed by atoms with Crippen LogP contribution in [0, 0.1) is 0 Å². The Hall–Kier alpha value is -3.87. The Morgan fingerprint density at radius 2 is 1.86 bits per heavy atom. The standard InChI is InChI=1S/C21H17N3O4/c1-27-13-7-5-6-12(10-13)19-18-15(21(25)26)11-16(22-20(18)24-23-19)14-8-3-4-9-17(14)28-2/h3-11H,1-2H3,(H,25,26)(H,22,23,24). The quantitative estimate of drug-likeness (QED) is 0.547. The fraction of sp³-hybridized carbons (Fsp3) is 0.0952. The number of nitrogens with zero attached hydrogens (tertiary/aromatic N) is 2. The van der Waals surface area contributed by atoms with E-state index in [0.717, 1.165) is 5.56 Å². The molecule has 140 valence electrons. The summed E-state index contributed by atoms with van der Waals surface area (Å²) in [6, 6.07) is 16.2. The van der Waals surface area contributed by atoms with Crippen molar-refractivity contribution in [2.45, 2.75) is 0 Å². The highest BCUT2D eigenvalue weighted by atomic mass is 16.5. The van der Waals surface area contributed by atoms with Crippen LogP contribution in [-0.4, -0.2) is 40.5 Å². The molecule has 0 radical (unpaired) electrons. The molecule has 0 amide bonds. The summed E-state index contributed by atoms with van der Waals surface area (Å²) >= 11 is 0. The number of hydrogen-bond donors (Lipinski definition) is 2. The van der Waals surface area contributed by atoms with Crippen molar-refractivity contribution in [1.82, 2.24) is 15.2 Å². The second-order valence-corrected chi connectivity index (χ2v) is 6.09. The highest BCUT2D eigenvalue weighted by Crippen LogP contribution is 2.35. The van der Waals surface area contributed by atoms with Gasteiger partial charge >= 0.3 is 5.97 Å². The third-order valence-corrected chi connectivity index (χ3v) is 4.50. The molecule has 0 saturated heterocycles. The summed E-state index contributed by atoms with van der Waals surface area (Å²) in [4.78, 5) is 16.6. The lowest BCUT2D eigenvalue weighted by Crippen LogP contribution is -2.01. The van der Waals surface area contributed by atoms with E-state index < -0.39 is 5.97 Å². The number of rotatable bonds is 5. The van der Waals surface area contributed by atoms with Gasteiger partial charge in [0.2, 0.25) is 0 Å². The number of methoxy groups -OCH3 is 2. The van der Waals surface area contributed by atoms with Gasteiger partial charge in [0.25, 0.3) is 0 Å². The van der Waals surface area contributed by atoms with Gasteiger partial charge in [0.05, 0.1) is 36.6 Å². The zero-order valence-electron chi connectivity index (χ0n) is 15.3. The fourth-order valence-electron chi connectivity index (χ4n) is 3.17. The van der Waals surface area contributed by atoms with Gasteiger partial charge in [0, 0.05) is 11.1 Å². The highest BCUT2D eigenvalue weighted by molar-refractivity contribution is 6.08. The van der Waals surface area contributed by atoms with Crippen molar-refractivity contribution in [2.24, 2.45) is 0 Å². The van der Waals surface area contributed by atoms with E-state index in [0.29, 0.717) is 39.5 Å². The summed E-state index contributed by atoms with van der Waals surface area (Å²) in [5, 5.41) is 17.5. The number of H-pyrrole nitrogens is 1. The van der Waals surface area contributed by atoms with Crippen molar-refractivity contribution in [2.75, 3.05) is 14.2 Å². The molecule has 0 unspecified atom stereocenters. The third-order valence-electron chi connectivity index (χ3n) is 4.50. The second kappa shape index (κ2) is 7.03. The molecule has 0 bridgehead atoms. The lowest BCUT2D eigenvalue weighted by atomic mass is 10.0. The second-order valence-electron chi connectivity index (χ2n) is 6.09. The maximum atomic E-state index is 12.0. The van der Waals surface area contributed by atoms with E-state index in [1.165, 1.54) is 0 Å². The van der Waals surface area contributed by atoms with Crippen LogP contribution >= 0.6 is 0 Å². The topological polar surface area (TPSA) is 97.3 Å². The number of fused-ring (bicyclic) bond motifs is 1. The van der Waals surface area contributed by atoms with Crippen LogP contribution in [0.1, 0.15) is 10.4 Å². The number of aromatic nitrogens is 3. The van der Waals surface area contributed by atoms with Crippen LogP contribution in [0.4, 0.5) is 0 Å². The molecular weight excluding hydrogens is 358 g/mol. The maximum Gasteiger partial charge on any atom is 0.336 e. The van der Waals surface area contributed by atoms with E-state index in [4.69, 9.17) is 9.47 Å². The van der Waals surface area contributed by atoms with E-state index >= 15 is 0 Å². The molecule has 0 fully saturated rings. The first-order valence-corrected chi connectivity index (χ1v) is 8.52. The molecule has 0 spiro atoms. The molecule has 7 heteroatoms. The van der Waals surface area contributed by atoms with E-state index in [-0.39, 0.29) is 5.56 Å². The molecular formula is C21H17N3O4. The van der Waals surface area contributed by atoms with Crippen LogP contribution in [0.2, 0.25) is 0 Å². The number of para-hydroxylation sites is 1. The summed E-state index contributed by atoms with van der Waals surface area (Å²) < 4.78 is 10.6. The zero-order chi connectivity index (χ0) is 19.7. The van der Waals surface area contributed by atoms with Crippen molar-refractivity contribution in [3.05, 3.63) is 60.2 Å². The first-order chi connectivity index (χ1) is 13.6. The van der Waals surface area contributed by atoms with Crippen molar-refractivity contribution < 1.29 is 19.4 Å². The molecule has 28 heavy (non-hydrogen) atoms. The zero-order valence-corrected chi connectivity index (χ0v) is 15.3. The molecule has 0 aliphatic rings. The monoisotopic (exact) mass is 375 g/mol. The molecule has 2 N–H and O–H groups in total. The van der Waals surface area contributed by atoms with E-state index in [9.17, 15) is 9.90 Å². The number of nitrogens with one attached hydrogen (secondary N) is 1. The third kappa shape index (κ3) is 2.92. The predicted octanol–water partition coefficient (Wildman–Crippen LogP) is 4.01. The first-order valence-electron chi connectivity index (χ1n) is 8.52. The van der Waals surface area contributed by atoms with Crippen LogP contribution in [0.5, 0.6) is 11.5 Å². The Kier molecular flexibility index (Phi) is 4.41. The van der Waals surface area contributed by atoms with Gasteiger partial charge in [0.15, 0.2) is 5.65 Å².